The second-order valence-electron chi connectivity index (χ2n) is 8.55. The van der Waals surface area contributed by atoms with Crippen LogP contribution in [0.5, 0.6) is 0 Å². The van der Waals surface area contributed by atoms with E-state index in [1.165, 1.54) is 28.6 Å². The first-order valence-electron chi connectivity index (χ1n) is 11.6. The fourth-order valence-corrected chi connectivity index (χ4v) is 6.19. The summed E-state index contributed by atoms with van der Waals surface area (Å²) in [6, 6.07) is 10.7. The van der Waals surface area contributed by atoms with Crippen molar-refractivity contribution in [2.24, 2.45) is 0 Å². The molecule has 0 bridgehead atoms. The third-order valence-electron chi connectivity index (χ3n) is 6.26. The molecule has 0 aliphatic carbocycles. The van der Waals surface area contributed by atoms with Crippen molar-refractivity contribution in [3.05, 3.63) is 58.1 Å². The molecular formula is C23H29N5O5S. The van der Waals surface area contributed by atoms with E-state index in [4.69, 9.17) is 0 Å². The number of hydrazine groups is 1. The number of anilines is 2. The van der Waals surface area contributed by atoms with Crippen LogP contribution in [0.3, 0.4) is 0 Å². The summed E-state index contributed by atoms with van der Waals surface area (Å²) in [4.78, 5) is 25.7. The predicted molar refractivity (Wildman–Crippen MR) is 129 cm³/mol. The number of piperidine rings is 2. The van der Waals surface area contributed by atoms with Crippen molar-refractivity contribution >= 4 is 33.0 Å². The van der Waals surface area contributed by atoms with Crippen LogP contribution in [0.2, 0.25) is 0 Å². The van der Waals surface area contributed by atoms with E-state index in [1.807, 2.05) is 0 Å². The van der Waals surface area contributed by atoms with E-state index in [1.54, 1.807) is 18.2 Å². The van der Waals surface area contributed by atoms with Crippen molar-refractivity contribution in [2.75, 3.05) is 36.5 Å². The lowest BCUT2D eigenvalue weighted by atomic mass is 10.1. The highest BCUT2D eigenvalue weighted by atomic mass is 32.2. The Balaban J connectivity index is 1.63. The lowest BCUT2D eigenvalue weighted by Crippen LogP contribution is -2.38. The van der Waals surface area contributed by atoms with Crippen molar-refractivity contribution < 1.29 is 18.1 Å². The molecule has 0 aromatic heterocycles. The average molecular weight is 488 g/mol. The van der Waals surface area contributed by atoms with Crippen molar-refractivity contribution in [1.29, 1.82) is 0 Å². The minimum atomic E-state index is -3.78. The molecule has 0 saturated carbocycles. The first-order valence-corrected chi connectivity index (χ1v) is 13.0. The second kappa shape index (κ2) is 10.4. The largest absolute Gasteiger partial charge is 0.370 e. The average Bonchev–Trinajstić information content (AvgIpc) is 2.88. The number of sulfonamides is 1. The smallest absolute Gasteiger partial charge is 0.294 e. The van der Waals surface area contributed by atoms with Gasteiger partial charge in [0.15, 0.2) is 0 Å². The number of para-hydroxylation sites is 2. The Hall–Kier alpha value is -3.18. The molecule has 2 aliphatic rings. The minimum absolute atomic E-state index is 0.131. The molecule has 0 unspecified atom stereocenters. The van der Waals surface area contributed by atoms with E-state index in [2.05, 4.69) is 15.8 Å². The molecule has 11 heteroatoms. The molecule has 2 fully saturated rings. The van der Waals surface area contributed by atoms with Crippen LogP contribution in [0.25, 0.3) is 0 Å². The van der Waals surface area contributed by atoms with Crippen LogP contribution in [-0.4, -0.2) is 49.7 Å². The second-order valence-corrected chi connectivity index (χ2v) is 10.5. The highest BCUT2D eigenvalue weighted by Crippen LogP contribution is 2.32. The molecule has 0 spiro atoms. The fourth-order valence-electron chi connectivity index (χ4n) is 4.44. The van der Waals surface area contributed by atoms with Crippen molar-refractivity contribution in [1.82, 2.24) is 9.73 Å². The van der Waals surface area contributed by atoms with Gasteiger partial charge in [-0.05, 0) is 56.4 Å². The molecule has 0 radical (unpaired) electrons. The summed E-state index contributed by atoms with van der Waals surface area (Å²) in [5, 5.41) is 11.2. The van der Waals surface area contributed by atoms with Gasteiger partial charge in [-0.25, -0.2) is 8.42 Å². The van der Waals surface area contributed by atoms with E-state index < -0.39 is 20.9 Å². The number of benzene rings is 2. The van der Waals surface area contributed by atoms with Crippen LogP contribution in [-0.2, 0) is 10.0 Å². The summed E-state index contributed by atoms with van der Waals surface area (Å²) in [7, 11) is -3.78. The predicted octanol–water partition coefficient (Wildman–Crippen LogP) is 3.52. The number of hydrogen-bond donors (Lipinski definition) is 2. The molecule has 1 amide bonds. The zero-order valence-corrected chi connectivity index (χ0v) is 19.7. The maximum atomic E-state index is 13.6. The maximum Gasteiger partial charge on any atom is 0.294 e. The van der Waals surface area contributed by atoms with Crippen LogP contribution in [0.4, 0.5) is 17.1 Å². The van der Waals surface area contributed by atoms with Crippen LogP contribution in [0.1, 0.15) is 48.9 Å². The standard InChI is InChI=1S/C23H29N5O5S/c29-23(25-24-19-9-3-4-10-20(19)28(30)31)18-11-12-21(26-13-5-1-6-14-26)22(17-18)34(32,33)27-15-7-2-8-16-27/h3-4,9-12,17,24H,1-2,5-8,13-16H2,(H,25,29). The number of nitro groups is 1. The van der Waals surface area contributed by atoms with Gasteiger partial charge in [-0.1, -0.05) is 18.6 Å². The number of hydrogen-bond acceptors (Lipinski definition) is 7. The van der Waals surface area contributed by atoms with Gasteiger partial charge in [0.25, 0.3) is 11.6 Å². The van der Waals surface area contributed by atoms with Gasteiger partial charge in [-0.15, -0.1) is 0 Å². The third-order valence-corrected chi connectivity index (χ3v) is 8.19. The van der Waals surface area contributed by atoms with Gasteiger partial charge in [0.05, 0.1) is 10.6 Å². The molecule has 0 atom stereocenters. The monoisotopic (exact) mass is 487 g/mol. The Morgan fingerprint density at radius 2 is 1.56 bits per heavy atom. The van der Waals surface area contributed by atoms with Gasteiger partial charge in [0, 0.05) is 37.8 Å². The molecule has 34 heavy (non-hydrogen) atoms. The SMILES string of the molecule is O=C(NNc1ccccc1[N+](=O)[O-])c1ccc(N2CCCCC2)c(S(=O)(=O)N2CCCCC2)c1. The normalized spacial score (nSPS) is 17.2. The summed E-state index contributed by atoms with van der Waals surface area (Å²) < 4.78 is 28.7. The lowest BCUT2D eigenvalue weighted by molar-refractivity contribution is -0.384. The highest BCUT2D eigenvalue weighted by molar-refractivity contribution is 7.89. The molecule has 2 heterocycles. The molecule has 2 aliphatic heterocycles. The van der Waals surface area contributed by atoms with Crippen LogP contribution < -0.4 is 15.8 Å². The number of nitro benzene ring substituents is 1. The molecule has 2 saturated heterocycles. The first kappa shape index (κ1) is 24.0. The van der Waals surface area contributed by atoms with Crippen molar-refractivity contribution in [2.45, 2.75) is 43.4 Å². The van der Waals surface area contributed by atoms with E-state index >= 15 is 0 Å². The Morgan fingerprint density at radius 1 is 0.912 bits per heavy atom. The molecule has 2 aromatic rings. The summed E-state index contributed by atoms with van der Waals surface area (Å²) in [6.45, 7) is 2.48. The van der Waals surface area contributed by atoms with E-state index in [9.17, 15) is 23.3 Å². The van der Waals surface area contributed by atoms with Crippen LogP contribution in [0.15, 0.2) is 47.4 Å². The van der Waals surface area contributed by atoms with Gasteiger partial charge < -0.3 is 4.90 Å². The van der Waals surface area contributed by atoms with Gasteiger partial charge in [0.2, 0.25) is 10.0 Å². The Morgan fingerprint density at radius 3 is 2.24 bits per heavy atom. The number of rotatable bonds is 7. The van der Waals surface area contributed by atoms with Crippen LogP contribution in [0, 0.1) is 10.1 Å². The lowest BCUT2D eigenvalue weighted by Gasteiger charge is -2.33. The Labute approximate surface area is 199 Å². The molecule has 2 N–H and O–H groups in total. The highest BCUT2D eigenvalue weighted by Gasteiger charge is 2.31. The number of nitrogens with zero attached hydrogens (tertiary/aromatic N) is 3. The van der Waals surface area contributed by atoms with Gasteiger partial charge in [-0.3, -0.25) is 25.8 Å². The van der Waals surface area contributed by atoms with Crippen LogP contribution >= 0.6 is 0 Å². The van der Waals surface area contributed by atoms with Gasteiger partial charge in [0.1, 0.15) is 10.6 Å². The zero-order valence-electron chi connectivity index (χ0n) is 18.9. The summed E-state index contributed by atoms with van der Waals surface area (Å²) >= 11 is 0. The van der Waals surface area contributed by atoms with Crippen molar-refractivity contribution in [3.8, 4) is 0 Å². The van der Waals surface area contributed by atoms with Gasteiger partial charge in [-0.2, -0.15) is 4.31 Å². The topological polar surface area (TPSA) is 125 Å². The molecule has 2 aromatic carbocycles. The fraction of sp³-hybridized carbons (Fsp3) is 0.435. The van der Waals surface area contributed by atoms with Crippen molar-refractivity contribution in [3.63, 3.8) is 0 Å². The van der Waals surface area contributed by atoms with E-state index in [0.29, 0.717) is 18.8 Å². The first-order chi connectivity index (χ1) is 16.4. The van der Waals surface area contributed by atoms with E-state index in [-0.39, 0.29) is 21.8 Å². The number of carbonyl (C=O) groups excluding carboxylic acids is 1. The summed E-state index contributed by atoms with van der Waals surface area (Å²) in [5.41, 5.74) is 5.75. The Bertz CT molecular complexity index is 1160. The molecular weight excluding hydrogens is 458 g/mol. The van der Waals surface area contributed by atoms with E-state index in [0.717, 1.165) is 51.6 Å². The Kier molecular flexibility index (Phi) is 7.32. The molecule has 182 valence electrons. The molecule has 10 nitrogen and oxygen atoms in total. The third kappa shape index (κ3) is 5.15. The molecule has 4 rings (SSSR count). The van der Waals surface area contributed by atoms with Gasteiger partial charge >= 0.3 is 0 Å². The number of amides is 1. The number of carbonyl (C=O) groups is 1. The minimum Gasteiger partial charge on any atom is -0.370 e. The quantitative estimate of drug-likeness (QED) is 0.452. The number of nitrogens with one attached hydrogen (secondary N) is 2. The summed E-state index contributed by atoms with van der Waals surface area (Å²) in [6.07, 6.45) is 5.74. The summed E-state index contributed by atoms with van der Waals surface area (Å²) in [5.74, 6) is -0.585. The maximum absolute atomic E-state index is 13.6. The zero-order chi connectivity index (χ0) is 24.1.